The van der Waals surface area contributed by atoms with E-state index in [1.54, 1.807) is 37.1 Å². The Hall–Kier alpha value is -2.01. The first kappa shape index (κ1) is 13.4. The molecule has 0 saturated heterocycles. The molecule has 2 aromatic rings. The van der Waals surface area contributed by atoms with Crippen LogP contribution in [0.15, 0.2) is 30.5 Å². The molecule has 1 aromatic heterocycles. The number of benzene rings is 1. The third kappa shape index (κ3) is 3.06. The van der Waals surface area contributed by atoms with Crippen LogP contribution in [-0.2, 0) is 6.54 Å². The van der Waals surface area contributed by atoms with Crippen molar-refractivity contribution in [2.75, 3.05) is 14.2 Å². The van der Waals surface area contributed by atoms with Gasteiger partial charge in [0.2, 0.25) is 0 Å². The third-order valence-electron chi connectivity index (χ3n) is 2.93. The van der Waals surface area contributed by atoms with Crippen molar-refractivity contribution in [1.82, 2.24) is 9.78 Å². The predicted molar refractivity (Wildman–Crippen MR) is 71.5 cm³/mol. The minimum absolute atomic E-state index is 0.385. The molecule has 0 radical (unpaired) electrons. The van der Waals surface area contributed by atoms with Crippen molar-refractivity contribution in [3.8, 4) is 11.5 Å². The van der Waals surface area contributed by atoms with Crippen molar-refractivity contribution in [2.24, 2.45) is 0 Å². The van der Waals surface area contributed by atoms with Crippen molar-refractivity contribution in [3.05, 3.63) is 41.7 Å². The molecule has 2 rings (SSSR count). The summed E-state index contributed by atoms with van der Waals surface area (Å²) >= 11 is 0. The summed E-state index contributed by atoms with van der Waals surface area (Å²) in [4.78, 5) is 0. The molecule has 19 heavy (non-hydrogen) atoms. The Morgan fingerprint density at radius 1 is 1.26 bits per heavy atom. The van der Waals surface area contributed by atoms with Gasteiger partial charge in [-0.3, -0.25) is 4.68 Å². The molecular weight excluding hydrogens is 244 g/mol. The molecule has 0 spiro atoms. The lowest BCUT2D eigenvalue weighted by Gasteiger charge is -2.15. The van der Waals surface area contributed by atoms with E-state index in [-0.39, 0.29) is 0 Å². The molecule has 1 unspecified atom stereocenters. The maximum atomic E-state index is 10.3. The molecule has 0 amide bonds. The smallest absolute Gasteiger partial charge is 0.128 e. The summed E-state index contributed by atoms with van der Waals surface area (Å²) in [6.07, 6.45) is 1.16. The summed E-state index contributed by atoms with van der Waals surface area (Å²) in [5.41, 5.74) is 1.64. The van der Waals surface area contributed by atoms with E-state index in [1.807, 2.05) is 19.2 Å². The van der Waals surface area contributed by atoms with Crippen LogP contribution in [0.25, 0.3) is 0 Å². The third-order valence-corrected chi connectivity index (χ3v) is 2.93. The lowest BCUT2D eigenvalue weighted by atomic mass is 10.1. The Bertz CT molecular complexity index is 551. The molecule has 0 bridgehead atoms. The molecule has 1 heterocycles. The van der Waals surface area contributed by atoms with Gasteiger partial charge in [-0.05, 0) is 25.1 Å². The number of aliphatic hydroxyl groups excluding tert-OH is 1. The van der Waals surface area contributed by atoms with Gasteiger partial charge in [-0.15, -0.1) is 0 Å². The van der Waals surface area contributed by atoms with Crippen molar-refractivity contribution < 1.29 is 14.6 Å². The Morgan fingerprint density at radius 2 is 2.05 bits per heavy atom. The number of nitrogens with zero attached hydrogens (tertiary/aromatic N) is 2. The number of ether oxygens (including phenoxy) is 2. The number of aromatic nitrogens is 2. The van der Waals surface area contributed by atoms with Crippen LogP contribution in [0.2, 0.25) is 0 Å². The average Bonchev–Trinajstić information content (AvgIpc) is 2.83. The maximum Gasteiger partial charge on any atom is 0.128 e. The summed E-state index contributed by atoms with van der Waals surface area (Å²) in [5, 5.41) is 14.5. The lowest BCUT2D eigenvalue weighted by Crippen LogP contribution is -2.10. The minimum Gasteiger partial charge on any atom is -0.497 e. The van der Waals surface area contributed by atoms with Crippen molar-refractivity contribution in [3.63, 3.8) is 0 Å². The molecule has 0 saturated carbocycles. The second-order valence-electron chi connectivity index (χ2n) is 4.30. The van der Waals surface area contributed by atoms with Crippen LogP contribution in [0.1, 0.15) is 17.4 Å². The fraction of sp³-hybridized carbons (Fsp3) is 0.357. The fourth-order valence-corrected chi connectivity index (χ4v) is 1.93. The van der Waals surface area contributed by atoms with Gasteiger partial charge in [-0.25, -0.2) is 0 Å². The van der Waals surface area contributed by atoms with Crippen LogP contribution >= 0.6 is 0 Å². The van der Waals surface area contributed by atoms with Gasteiger partial charge >= 0.3 is 0 Å². The summed E-state index contributed by atoms with van der Waals surface area (Å²) in [6.45, 7) is 2.30. The van der Waals surface area contributed by atoms with Gasteiger partial charge < -0.3 is 14.6 Å². The molecule has 102 valence electrons. The molecule has 1 N–H and O–H groups in total. The van der Waals surface area contributed by atoms with E-state index < -0.39 is 6.10 Å². The topological polar surface area (TPSA) is 56.5 Å². The zero-order valence-electron chi connectivity index (χ0n) is 11.3. The molecule has 5 heteroatoms. The Morgan fingerprint density at radius 3 is 2.63 bits per heavy atom. The highest BCUT2D eigenvalue weighted by atomic mass is 16.5. The van der Waals surface area contributed by atoms with Gasteiger partial charge in [0.1, 0.15) is 17.6 Å². The second-order valence-corrected chi connectivity index (χ2v) is 4.30. The van der Waals surface area contributed by atoms with Gasteiger partial charge in [0.05, 0.1) is 26.5 Å². The van der Waals surface area contributed by atoms with Crippen molar-refractivity contribution in [1.29, 1.82) is 0 Å². The van der Waals surface area contributed by atoms with Gasteiger partial charge in [0, 0.05) is 17.8 Å². The highest BCUT2D eigenvalue weighted by Gasteiger charge is 2.15. The zero-order valence-corrected chi connectivity index (χ0v) is 11.3. The number of aliphatic hydroxyl groups is 1. The Balaban J connectivity index is 2.20. The summed E-state index contributed by atoms with van der Waals surface area (Å²) in [5.74, 6) is 1.30. The molecule has 5 nitrogen and oxygen atoms in total. The van der Waals surface area contributed by atoms with Crippen LogP contribution in [-0.4, -0.2) is 29.1 Å². The van der Waals surface area contributed by atoms with Crippen molar-refractivity contribution in [2.45, 2.75) is 19.6 Å². The van der Waals surface area contributed by atoms with Gasteiger partial charge in [-0.2, -0.15) is 5.10 Å². The largest absolute Gasteiger partial charge is 0.497 e. The Kier molecular flexibility index (Phi) is 4.06. The summed E-state index contributed by atoms with van der Waals surface area (Å²) in [7, 11) is 3.17. The van der Waals surface area contributed by atoms with E-state index in [1.165, 1.54) is 0 Å². The summed E-state index contributed by atoms with van der Waals surface area (Å²) in [6, 6.07) is 7.26. The zero-order chi connectivity index (χ0) is 13.8. The van der Waals surface area contributed by atoms with E-state index in [2.05, 4.69) is 5.10 Å². The molecule has 0 aliphatic carbocycles. The lowest BCUT2D eigenvalue weighted by molar-refractivity contribution is 0.147. The molecule has 0 aliphatic rings. The van der Waals surface area contributed by atoms with Crippen LogP contribution in [0.4, 0.5) is 0 Å². The monoisotopic (exact) mass is 262 g/mol. The first-order chi connectivity index (χ1) is 9.13. The number of aryl methyl sites for hydroxylation is 1. The van der Waals surface area contributed by atoms with Crippen LogP contribution in [0, 0.1) is 6.92 Å². The second kappa shape index (κ2) is 5.75. The van der Waals surface area contributed by atoms with E-state index >= 15 is 0 Å². The number of hydrogen-bond donors (Lipinski definition) is 1. The number of rotatable bonds is 5. The first-order valence-corrected chi connectivity index (χ1v) is 6.04. The fourth-order valence-electron chi connectivity index (χ4n) is 1.93. The number of methoxy groups -OCH3 is 2. The van der Waals surface area contributed by atoms with Gasteiger partial charge in [0.15, 0.2) is 0 Å². The Labute approximate surface area is 112 Å². The van der Waals surface area contributed by atoms with Gasteiger partial charge in [0.25, 0.3) is 0 Å². The van der Waals surface area contributed by atoms with E-state index in [9.17, 15) is 5.11 Å². The van der Waals surface area contributed by atoms with E-state index in [4.69, 9.17) is 9.47 Å². The summed E-state index contributed by atoms with van der Waals surface area (Å²) < 4.78 is 12.1. The standard InChI is InChI=1S/C14H18N2O3/c1-10-6-7-16(15-10)9-13(17)12-5-4-11(18-2)8-14(12)19-3/h4-8,13,17H,9H2,1-3H3. The highest BCUT2D eigenvalue weighted by Crippen LogP contribution is 2.30. The molecular formula is C14H18N2O3. The highest BCUT2D eigenvalue weighted by molar-refractivity contribution is 5.41. The van der Waals surface area contributed by atoms with Crippen LogP contribution in [0.5, 0.6) is 11.5 Å². The average molecular weight is 262 g/mol. The van der Waals surface area contributed by atoms with Crippen molar-refractivity contribution >= 4 is 0 Å². The first-order valence-electron chi connectivity index (χ1n) is 6.04. The normalized spacial score (nSPS) is 12.2. The van der Waals surface area contributed by atoms with E-state index in [0.29, 0.717) is 18.0 Å². The molecule has 0 fully saturated rings. The predicted octanol–water partition coefficient (Wildman–Crippen LogP) is 1.94. The van der Waals surface area contributed by atoms with E-state index in [0.717, 1.165) is 11.3 Å². The molecule has 1 atom stereocenters. The quantitative estimate of drug-likeness (QED) is 0.894. The van der Waals surface area contributed by atoms with Crippen LogP contribution in [0.3, 0.4) is 0 Å². The molecule has 0 aliphatic heterocycles. The SMILES string of the molecule is COc1ccc(C(O)Cn2ccc(C)n2)c(OC)c1. The molecule has 1 aromatic carbocycles. The van der Waals surface area contributed by atoms with Crippen LogP contribution < -0.4 is 9.47 Å². The number of hydrogen-bond acceptors (Lipinski definition) is 4. The maximum absolute atomic E-state index is 10.3. The van der Waals surface area contributed by atoms with Gasteiger partial charge in [-0.1, -0.05) is 0 Å². The minimum atomic E-state index is -0.680.